The minimum atomic E-state index is -0.312. The Morgan fingerprint density at radius 3 is 2.58 bits per heavy atom. The zero-order valence-electron chi connectivity index (χ0n) is 14.6. The summed E-state index contributed by atoms with van der Waals surface area (Å²) in [6, 6.07) is 5.34. The van der Waals surface area contributed by atoms with Crippen molar-refractivity contribution in [1.29, 1.82) is 0 Å². The van der Waals surface area contributed by atoms with E-state index in [-0.39, 0.29) is 17.0 Å². The molecule has 0 atom stereocenters. The molecule has 0 spiro atoms. The van der Waals surface area contributed by atoms with Gasteiger partial charge in [0.15, 0.2) is 4.96 Å². The fourth-order valence-corrected chi connectivity index (χ4v) is 3.39. The van der Waals surface area contributed by atoms with Crippen molar-refractivity contribution in [3.63, 3.8) is 0 Å². The van der Waals surface area contributed by atoms with E-state index in [4.69, 9.17) is 0 Å². The van der Waals surface area contributed by atoms with Gasteiger partial charge in [0.05, 0.1) is 11.0 Å². The minimum absolute atomic E-state index is 0.228. The van der Waals surface area contributed by atoms with Crippen LogP contribution in [0.2, 0.25) is 0 Å². The lowest BCUT2D eigenvalue weighted by Crippen LogP contribution is -2.42. The van der Waals surface area contributed by atoms with Gasteiger partial charge in [0.25, 0.3) is 11.5 Å². The fraction of sp³-hybridized carbons (Fsp3) is 0.389. The normalized spacial score (nSPS) is 12.0. The topological polar surface area (TPSA) is 63.5 Å². The quantitative estimate of drug-likeness (QED) is 0.792. The molecule has 3 rings (SSSR count). The number of amides is 1. The second-order valence-corrected chi connectivity index (χ2v) is 7.80. The van der Waals surface area contributed by atoms with Gasteiger partial charge in [-0.3, -0.25) is 14.0 Å². The molecule has 24 heavy (non-hydrogen) atoms. The van der Waals surface area contributed by atoms with Crippen LogP contribution in [0.5, 0.6) is 0 Å². The predicted octanol–water partition coefficient (Wildman–Crippen LogP) is 3.44. The van der Waals surface area contributed by atoms with Crippen molar-refractivity contribution in [2.45, 2.75) is 46.6 Å². The lowest BCUT2D eigenvalue weighted by molar-refractivity contribution is 0.0915. The molecule has 0 aliphatic carbocycles. The van der Waals surface area contributed by atoms with Crippen molar-refractivity contribution in [2.75, 3.05) is 0 Å². The molecule has 2 aromatic heterocycles. The number of fused-ring (bicyclic) bond motifs is 3. The zero-order chi connectivity index (χ0) is 17.6. The molecule has 3 aromatic rings. The monoisotopic (exact) mass is 343 g/mol. The van der Waals surface area contributed by atoms with Crippen LogP contribution < -0.4 is 10.9 Å². The Balaban J connectivity index is 2.16. The van der Waals surface area contributed by atoms with Gasteiger partial charge in [-0.25, -0.2) is 4.98 Å². The first kappa shape index (κ1) is 16.6. The van der Waals surface area contributed by atoms with E-state index in [2.05, 4.69) is 10.3 Å². The van der Waals surface area contributed by atoms with Crippen LogP contribution in [0.25, 0.3) is 16.0 Å². The molecule has 0 radical (unpaired) electrons. The SMILES string of the molecule is CCC(C)(C)NC(=O)c1cc(=O)n2c(nc3cc(C)c(C)cc32)s1. The first-order chi connectivity index (χ1) is 11.2. The summed E-state index contributed by atoms with van der Waals surface area (Å²) in [6.07, 6.45) is 0.807. The third-order valence-corrected chi connectivity index (χ3v) is 5.45. The largest absolute Gasteiger partial charge is 0.346 e. The average molecular weight is 343 g/mol. The highest BCUT2D eigenvalue weighted by Crippen LogP contribution is 2.23. The maximum atomic E-state index is 12.6. The van der Waals surface area contributed by atoms with Gasteiger partial charge in [0.2, 0.25) is 0 Å². The second-order valence-electron chi connectivity index (χ2n) is 6.80. The van der Waals surface area contributed by atoms with Crippen molar-refractivity contribution >= 4 is 33.2 Å². The number of benzene rings is 1. The number of hydrogen-bond acceptors (Lipinski definition) is 4. The molecule has 6 heteroatoms. The first-order valence-electron chi connectivity index (χ1n) is 7.98. The van der Waals surface area contributed by atoms with Crippen molar-refractivity contribution in [2.24, 2.45) is 0 Å². The number of imidazole rings is 1. The van der Waals surface area contributed by atoms with Crippen molar-refractivity contribution in [3.05, 3.63) is 44.6 Å². The van der Waals surface area contributed by atoms with E-state index >= 15 is 0 Å². The van der Waals surface area contributed by atoms with E-state index in [1.807, 2.05) is 46.8 Å². The summed E-state index contributed by atoms with van der Waals surface area (Å²) in [5, 5.41) is 2.96. The van der Waals surface area contributed by atoms with Crippen LogP contribution in [0.15, 0.2) is 23.0 Å². The second kappa shape index (κ2) is 5.70. The molecule has 126 valence electrons. The number of carbonyl (C=O) groups excluding carboxylic acids is 1. The molecule has 1 amide bonds. The number of aryl methyl sites for hydroxylation is 2. The van der Waals surface area contributed by atoms with Gasteiger partial charge in [-0.2, -0.15) is 0 Å². The Hall–Kier alpha value is -2.21. The van der Waals surface area contributed by atoms with Crippen LogP contribution in [0.3, 0.4) is 0 Å². The number of rotatable bonds is 3. The van der Waals surface area contributed by atoms with Crippen LogP contribution in [-0.2, 0) is 0 Å². The van der Waals surface area contributed by atoms with E-state index < -0.39 is 0 Å². The minimum Gasteiger partial charge on any atom is -0.346 e. The van der Waals surface area contributed by atoms with E-state index in [1.54, 1.807) is 4.40 Å². The molecule has 0 saturated carbocycles. The van der Waals surface area contributed by atoms with E-state index in [0.717, 1.165) is 28.6 Å². The molecule has 0 saturated heterocycles. The maximum absolute atomic E-state index is 12.6. The standard InChI is InChI=1S/C18H21N3O2S/c1-6-18(4,5)20-16(23)14-9-15(22)21-13-8-11(3)10(2)7-12(13)19-17(21)24-14/h7-9H,6H2,1-5H3,(H,20,23). The highest BCUT2D eigenvalue weighted by atomic mass is 32.1. The Labute approximate surface area is 144 Å². The molecule has 1 aromatic carbocycles. The average Bonchev–Trinajstić information content (AvgIpc) is 2.85. The Morgan fingerprint density at radius 1 is 1.25 bits per heavy atom. The maximum Gasteiger partial charge on any atom is 0.262 e. The Kier molecular flexibility index (Phi) is 3.95. The van der Waals surface area contributed by atoms with Gasteiger partial charge in [-0.05, 0) is 57.4 Å². The summed E-state index contributed by atoms with van der Waals surface area (Å²) in [5.41, 5.74) is 3.26. The molecule has 0 unspecified atom stereocenters. The van der Waals surface area contributed by atoms with Gasteiger partial charge in [-0.15, -0.1) is 0 Å². The number of carbonyl (C=O) groups is 1. The van der Waals surface area contributed by atoms with Crippen molar-refractivity contribution in [1.82, 2.24) is 14.7 Å². The third kappa shape index (κ3) is 2.82. The van der Waals surface area contributed by atoms with Crippen LogP contribution >= 0.6 is 11.3 Å². The summed E-state index contributed by atoms with van der Waals surface area (Å²) in [6.45, 7) is 9.96. The van der Waals surface area contributed by atoms with Crippen LogP contribution in [-0.4, -0.2) is 20.8 Å². The van der Waals surface area contributed by atoms with Crippen LogP contribution in [0.1, 0.15) is 48.0 Å². The van der Waals surface area contributed by atoms with Gasteiger partial charge < -0.3 is 5.32 Å². The Bertz CT molecular complexity index is 1010. The summed E-state index contributed by atoms with van der Waals surface area (Å²) < 4.78 is 1.58. The van der Waals surface area contributed by atoms with Gasteiger partial charge in [0, 0.05) is 11.6 Å². The highest BCUT2D eigenvalue weighted by Gasteiger charge is 2.21. The fourth-order valence-electron chi connectivity index (χ4n) is 2.47. The highest BCUT2D eigenvalue weighted by molar-refractivity contribution is 7.18. The van der Waals surface area contributed by atoms with Gasteiger partial charge in [0.1, 0.15) is 4.88 Å². The number of nitrogens with zero attached hydrogens (tertiary/aromatic N) is 2. The molecule has 2 heterocycles. The summed E-state index contributed by atoms with van der Waals surface area (Å²) in [7, 11) is 0. The Morgan fingerprint density at radius 2 is 1.92 bits per heavy atom. The molecule has 0 aliphatic rings. The van der Waals surface area contributed by atoms with Crippen LogP contribution in [0.4, 0.5) is 0 Å². The third-order valence-electron chi connectivity index (χ3n) is 4.47. The molecule has 0 bridgehead atoms. The number of aromatic nitrogens is 2. The smallest absolute Gasteiger partial charge is 0.262 e. The first-order valence-corrected chi connectivity index (χ1v) is 8.79. The van der Waals surface area contributed by atoms with Crippen LogP contribution in [0, 0.1) is 13.8 Å². The molecule has 5 nitrogen and oxygen atoms in total. The molecular weight excluding hydrogens is 322 g/mol. The summed E-state index contributed by atoms with van der Waals surface area (Å²) in [5.74, 6) is -0.231. The molecule has 0 fully saturated rings. The summed E-state index contributed by atoms with van der Waals surface area (Å²) in [4.78, 5) is 30.5. The van der Waals surface area contributed by atoms with E-state index in [0.29, 0.717) is 9.84 Å². The van der Waals surface area contributed by atoms with Gasteiger partial charge >= 0.3 is 0 Å². The zero-order valence-corrected chi connectivity index (χ0v) is 15.4. The molecule has 0 aliphatic heterocycles. The molecular formula is C18H21N3O2S. The number of hydrogen-bond donors (Lipinski definition) is 1. The molecule has 1 N–H and O–H groups in total. The lowest BCUT2D eigenvalue weighted by Gasteiger charge is -2.24. The predicted molar refractivity (Wildman–Crippen MR) is 98.2 cm³/mol. The van der Waals surface area contributed by atoms with E-state index in [1.165, 1.54) is 17.4 Å². The lowest BCUT2D eigenvalue weighted by atomic mass is 10.0. The van der Waals surface area contributed by atoms with Gasteiger partial charge in [-0.1, -0.05) is 18.3 Å². The van der Waals surface area contributed by atoms with E-state index in [9.17, 15) is 9.59 Å². The van der Waals surface area contributed by atoms with Crippen molar-refractivity contribution in [3.8, 4) is 0 Å². The summed E-state index contributed by atoms with van der Waals surface area (Å²) >= 11 is 1.24. The number of nitrogens with one attached hydrogen (secondary N) is 1. The van der Waals surface area contributed by atoms with Crippen molar-refractivity contribution < 1.29 is 4.79 Å².